The maximum absolute atomic E-state index is 12.3. The van der Waals surface area contributed by atoms with Gasteiger partial charge in [0.15, 0.2) is 11.5 Å². The first-order chi connectivity index (χ1) is 9.75. The van der Waals surface area contributed by atoms with Gasteiger partial charge in [0.25, 0.3) is 5.91 Å². The van der Waals surface area contributed by atoms with Crippen molar-refractivity contribution < 1.29 is 9.32 Å². The molecule has 0 radical (unpaired) electrons. The number of halogens is 2. The highest BCUT2D eigenvalue weighted by molar-refractivity contribution is 5.93. The third-order valence-electron chi connectivity index (χ3n) is 3.58. The van der Waals surface area contributed by atoms with E-state index in [0.29, 0.717) is 11.5 Å². The maximum atomic E-state index is 12.3. The second-order valence-corrected chi connectivity index (χ2v) is 4.88. The van der Waals surface area contributed by atoms with Crippen LogP contribution in [-0.4, -0.2) is 47.1 Å². The van der Waals surface area contributed by atoms with Crippen LogP contribution in [0.5, 0.6) is 0 Å². The van der Waals surface area contributed by atoms with Crippen LogP contribution in [0.25, 0.3) is 11.3 Å². The molecular formula is C14H18Cl2N4O2. The Hall–Kier alpha value is -1.63. The minimum absolute atomic E-state index is 0. The van der Waals surface area contributed by atoms with E-state index < -0.39 is 0 Å². The van der Waals surface area contributed by atoms with E-state index in [1.165, 1.54) is 0 Å². The van der Waals surface area contributed by atoms with Crippen molar-refractivity contribution in [2.24, 2.45) is 0 Å². The monoisotopic (exact) mass is 344 g/mol. The summed E-state index contributed by atoms with van der Waals surface area (Å²) in [4.78, 5) is 18.1. The average Bonchev–Trinajstić information content (AvgIpc) is 3.18. The number of pyridine rings is 1. The molecule has 3 heterocycles. The third-order valence-corrected chi connectivity index (χ3v) is 3.58. The van der Waals surface area contributed by atoms with Gasteiger partial charge in [-0.2, -0.15) is 0 Å². The molecule has 1 amide bonds. The minimum Gasteiger partial charge on any atom is -0.355 e. The van der Waals surface area contributed by atoms with Crippen LogP contribution in [0.2, 0.25) is 0 Å². The molecule has 1 unspecified atom stereocenters. The summed E-state index contributed by atoms with van der Waals surface area (Å²) in [6.45, 7) is 1.78. The highest BCUT2D eigenvalue weighted by Gasteiger charge is 2.26. The molecule has 2 aromatic rings. The zero-order valence-corrected chi connectivity index (χ0v) is 13.7. The zero-order valence-electron chi connectivity index (χ0n) is 12.1. The molecule has 6 nitrogen and oxygen atoms in total. The number of amides is 1. The van der Waals surface area contributed by atoms with Crippen LogP contribution in [-0.2, 0) is 0 Å². The molecule has 120 valence electrons. The number of nitrogens with one attached hydrogen (secondary N) is 1. The number of carbonyl (C=O) groups is 1. The van der Waals surface area contributed by atoms with Gasteiger partial charge in [-0.15, -0.1) is 24.8 Å². The lowest BCUT2D eigenvalue weighted by atomic mass is 10.2. The van der Waals surface area contributed by atoms with Gasteiger partial charge in [0, 0.05) is 43.7 Å². The molecule has 2 aromatic heterocycles. The molecule has 1 saturated heterocycles. The fraction of sp³-hybridized carbons (Fsp3) is 0.357. The second-order valence-electron chi connectivity index (χ2n) is 4.88. The van der Waals surface area contributed by atoms with Crippen LogP contribution in [0.15, 0.2) is 35.1 Å². The summed E-state index contributed by atoms with van der Waals surface area (Å²) in [6.07, 6.45) is 4.34. The fourth-order valence-corrected chi connectivity index (χ4v) is 2.34. The van der Waals surface area contributed by atoms with E-state index in [2.05, 4.69) is 15.5 Å². The molecule has 1 atom stereocenters. The predicted octanol–water partition coefficient (Wildman–Crippen LogP) is 2.01. The molecule has 8 heteroatoms. The van der Waals surface area contributed by atoms with Crippen LogP contribution in [0.3, 0.4) is 0 Å². The topological polar surface area (TPSA) is 71.3 Å². The first-order valence-corrected chi connectivity index (χ1v) is 6.60. The van der Waals surface area contributed by atoms with Gasteiger partial charge in [-0.05, 0) is 25.1 Å². The van der Waals surface area contributed by atoms with E-state index in [1.54, 1.807) is 30.4 Å². The molecule has 0 saturated carbocycles. The Balaban J connectivity index is 0.00000121. The standard InChI is InChI=1S/C14H16N4O2.2ClH/c1-18(11-4-6-16-9-11)14(19)12-7-13(20-17-12)10-3-2-5-15-8-10;;/h2-3,5,7-8,11,16H,4,6,9H2,1H3;2*1H. The minimum atomic E-state index is -0.113. The predicted molar refractivity (Wildman–Crippen MR) is 87.6 cm³/mol. The van der Waals surface area contributed by atoms with Crippen molar-refractivity contribution in [1.82, 2.24) is 20.4 Å². The van der Waals surface area contributed by atoms with E-state index in [4.69, 9.17) is 4.52 Å². The van der Waals surface area contributed by atoms with E-state index in [9.17, 15) is 4.79 Å². The van der Waals surface area contributed by atoms with Crippen LogP contribution < -0.4 is 5.32 Å². The molecule has 22 heavy (non-hydrogen) atoms. The summed E-state index contributed by atoms with van der Waals surface area (Å²) in [7, 11) is 1.80. The maximum Gasteiger partial charge on any atom is 0.276 e. The summed E-state index contributed by atoms with van der Waals surface area (Å²) < 4.78 is 5.23. The van der Waals surface area contributed by atoms with Crippen molar-refractivity contribution in [3.63, 3.8) is 0 Å². The molecule has 1 aliphatic heterocycles. The molecule has 1 N–H and O–H groups in total. The van der Waals surface area contributed by atoms with Gasteiger partial charge in [0.1, 0.15) is 0 Å². The highest BCUT2D eigenvalue weighted by atomic mass is 35.5. The van der Waals surface area contributed by atoms with E-state index >= 15 is 0 Å². The van der Waals surface area contributed by atoms with Crippen LogP contribution >= 0.6 is 24.8 Å². The summed E-state index contributed by atoms with van der Waals surface area (Å²) in [5.74, 6) is 0.442. The lowest BCUT2D eigenvalue weighted by Gasteiger charge is -2.22. The van der Waals surface area contributed by atoms with E-state index in [-0.39, 0.29) is 36.8 Å². The van der Waals surface area contributed by atoms with Gasteiger partial charge >= 0.3 is 0 Å². The number of likely N-dealkylation sites (N-methyl/N-ethyl adjacent to an activating group) is 1. The van der Waals surface area contributed by atoms with Crippen molar-refractivity contribution in [2.45, 2.75) is 12.5 Å². The van der Waals surface area contributed by atoms with Gasteiger partial charge < -0.3 is 14.7 Å². The highest BCUT2D eigenvalue weighted by Crippen LogP contribution is 2.20. The Morgan fingerprint density at radius 2 is 2.27 bits per heavy atom. The van der Waals surface area contributed by atoms with Crippen LogP contribution in [0, 0.1) is 0 Å². The Morgan fingerprint density at radius 3 is 2.91 bits per heavy atom. The lowest BCUT2D eigenvalue weighted by molar-refractivity contribution is 0.0733. The lowest BCUT2D eigenvalue weighted by Crippen LogP contribution is -2.38. The molecule has 0 bridgehead atoms. The molecule has 0 aliphatic carbocycles. The normalized spacial score (nSPS) is 16.5. The SMILES string of the molecule is CN(C(=O)c1cc(-c2cccnc2)on1)C1CCNC1.Cl.Cl. The number of hydrogen-bond donors (Lipinski definition) is 1. The molecule has 1 aliphatic rings. The van der Waals surface area contributed by atoms with Crippen molar-refractivity contribution >= 4 is 30.7 Å². The quantitative estimate of drug-likeness (QED) is 0.922. The number of carbonyl (C=O) groups excluding carboxylic acids is 1. The molecule has 1 fully saturated rings. The number of rotatable bonds is 3. The van der Waals surface area contributed by atoms with Gasteiger partial charge in [0.2, 0.25) is 0 Å². The van der Waals surface area contributed by atoms with Crippen molar-refractivity contribution in [3.05, 3.63) is 36.3 Å². The Bertz CT molecular complexity index is 600. The fourth-order valence-electron chi connectivity index (χ4n) is 2.34. The van der Waals surface area contributed by atoms with Gasteiger partial charge in [-0.3, -0.25) is 9.78 Å². The summed E-state index contributed by atoms with van der Waals surface area (Å²) in [5.41, 5.74) is 1.14. The van der Waals surface area contributed by atoms with Crippen molar-refractivity contribution in [2.75, 3.05) is 20.1 Å². The molecular weight excluding hydrogens is 327 g/mol. The van der Waals surface area contributed by atoms with Gasteiger partial charge in [-0.1, -0.05) is 5.16 Å². The average molecular weight is 345 g/mol. The largest absolute Gasteiger partial charge is 0.355 e. The first-order valence-electron chi connectivity index (χ1n) is 6.60. The van der Waals surface area contributed by atoms with Crippen molar-refractivity contribution in [3.8, 4) is 11.3 Å². The summed E-state index contributed by atoms with van der Waals surface area (Å²) >= 11 is 0. The number of nitrogens with zero attached hydrogens (tertiary/aromatic N) is 3. The first kappa shape index (κ1) is 18.4. The van der Waals surface area contributed by atoms with Crippen LogP contribution in [0.1, 0.15) is 16.9 Å². The number of aromatic nitrogens is 2. The Morgan fingerprint density at radius 1 is 1.45 bits per heavy atom. The smallest absolute Gasteiger partial charge is 0.276 e. The van der Waals surface area contributed by atoms with Crippen molar-refractivity contribution in [1.29, 1.82) is 0 Å². The second kappa shape index (κ2) is 8.12. The Labute approximate surface area is 141 Å². The van der Waals surface area contributed by atoms with Gasteiger partial charge in [-0.25, -0.2) is 0 Å². The summed E-state index contributed by atoms with van der Waals surface area (Å²) in [6, 6.07) is 5.57. The van der Waals surface area contributed by atoms with Gasteiger partial charge in [0.05, 0.1) is 0 Å². The summed E-state index contributed by atoms with van der Waals surface area (Å²) in [5, 5.41) is 7.12. The zero-order chi connectivity index (χ0) is 13.9. The Kier molecular flexibility index (Phi) is 6.80. The molecule has 0 spiro atoms. The van der Waals surface area contributed by atoms with E-state index in [0.717, 1.165) is 25.1 Å². The van der Waals surface area contributed by atoms with Crippen LogP contribution in [0.4, 0.5) is 0 Å². The molecule has 3 rings (SSSR count). The number of hydrogen-bond acceptors (Lipinski definition) is 5. The molecule has 0 aromatic carbocycles. The third kappa shape index (κ3) is 3.76. The van der Waals surface area contributed by atoms with E-state index in [1.807, 2.05) is 12.1 Å².